The van der Waals surface area contributed by atoms with Gasteiger partial charge in [-0.15, -0.1) is 11.8 Å². The first-order valence-electron chi connectivity index (χ1n) is 10.0. The van der Waals surface area contributed by atoms with Crippen LogP contribution in [0, 0.1) is 0 Å². The summed E-state index contributed by atoms with van der Waals surface area (Å²) < 4.78 is 28.9. The van der Waals surface area contributed by atoms with Gasteiger partial charge in [0.1, 0.15) is 10.8 Å². The molecule has 30 heavy (non-hydrogen) atoms. The molecule has 0 spiro atoms. The van der Waals surface area contributed by atoms with E-state index in [4.69, 9.17) is 10.1 Å². The molecule has 2 aromatic heterocycles. The second-order valence-corrected chi connectivity index (χ2v) is 10.6. The number of nitrogens with zero attached hydrogens (tertiary/aromatic N) is 5. The van der Waals surface area contributed by atoms with Crippen molar-refractivity contribution < 1.29 is 8.42 Å². The zero-order chi connectivity index (χ0) is 21.5. The Labute approximate surface area is 182 Å². The van der Waals surface area contributed by atoms with Crippen molar-refractivity contribution in [3.05, 3.63) is 42.1 Å². The quantitative estimate of drug-likeness (QED) is 0.559. The SMILES string of the molecule is CSc1nn2c(N3CCN(C)CC3)cc(C(C)C)nc2c1S(=O)(=O)c1ccccc1. The lowest BCUT2D eigenvalue weighted by molar-refractivity contribution is 0.311. The fourth-order valence-electron chi connectivity index (χ4n) is 3.62. The van der Waals surface area contributed by atoms with Crippen molar-refractivity contribution in [1.29, 1.82) is 0 Å². The molecule has 9 heteroatoms. The molecule has 1 aromatic carbocycles. The lowest BCUT2D eigenvalue weighted by atomic mass is 10.1. The van der Waals surface area contributed by atoms with Gasteiger partial charge in [-0.1, -0.05) is 32.0 Å². The number of benzene rings is 1. The molecule has 4 rings (SSSR count). The van der Waals surface area contributed by atoms with Gasteiger partial charge in [0.25, 0.3) is 0 Å². The molecule has 1 fully saturated rings. The number of aromatic nitrogens is 3. The Morgan fingerprint density at radius 1 is 1.07 bits per heavy atom. The zero-order valence-corrected chi connectivity index (χ0v) is 19.4. The van der Waals surface area contributed by atoms with Crippen LogP contribution in [0.4, 0.5) is 5.82 Å². The van der Waals surface area contributed by atoms with E-state index in [1.165, 1.54) is 11.8 Å². The Hall–Kier alpha value is -2.10. The van der Waals surface area contributed by atoms with E-state index in [1.54, 1.807) is 28.8 Å². The van der Waals surface area contributed by atoms with Crippen molar-refractivity contribution in [1.82, 2.24) is 19.5 Å². The molecule has 1 saturated heterocycles. The molecule has 0 saturated carbocycles. The highest BCUT2D eigenvalue weighted by Crippen LogP contribution is 2.35. The number of hydrogen-bond donors (Lipinski definition) is 0. The molecule has 7 nitrogen and oxygen atoms in total. The van der Waals surface area contributed by atoms with E-state index in [9.17, 15) is 8.42 Å². The summed E-state index contributed by atoms with van der Waals surface area (Å²) in [4.78, 5) is 9.79. The Kier molecular flexibility index (Phi) is 5.78. The second kappa shape index (κ2) is 8.20. The molecule has 0 bridgehead atoms. The number of thioether (sulfide) groups is 1. The molecular weight excluding hydrogens is 418 g/mol. The average molecular weight is 446 g/mol. The number of anilines is 1. The van der Waals surface area contributed by atoms with Crippen molar-refractivity contribution in [2.24, 2.45) is 0 Å². The smallest absolute Gasteiger partial charge is 0.213 e. The zero-order valence-electron chi connectivity index (χ0n) is 17.7. The first kappa shape index (κ1) is 21.1. The van der Waals surface area contributed by atoms with Crippen molar-refractivity contribution >= 4 is 33.1 Å². The van der Waals surface area contributed by atoms with Crippen LogP contribution < -0.4 is 4.90 Å². The maximum absolute atomic E-state index is 13.6. The van der Waals surface area contributed by atoms with Gasteiger partial charge < -0.3 is 9.80 Å². The van der Waals surface area contributed by atoms with E-state index in [-0.39, 0.29) is 15.7 Å². The van der Waals surface area contributed by atoms with Crippen LogP contribution >= 0.6 is 11.8 Å². The topological polar surface area (TPSA) is 70.8 Å². The van der Waals surface area contributed by atoms with E-state index >= 15 is 0 Å². The summed E-state index contributed by atoms with van der Waals surface area (Å²) in [7, 11) is -1.64. The van der Waals surface area contributed by atoms with Crippen LogP contribution in [0.15, 0.2) is 51.2 Å². The van der Waals surface area contributed by atoms with E-state index in [0.717, 1.165) is 37.7 Å². The van der Waals surface area contributed by atoms with Gasteiger partial charge in [0.15, 0.2) is 10.5 Å². The van der Waals surface area contributed by atoms with Crippen LogP contribution in [-0.4, -0.2) is 67.4 Å². The van der Waals surface area contributed by atoms with Gasteiger partial charge >= 0.3 is 0 Å². The number of likely N-dealkylation sites (N-methyl/N-ethyl adjacent to an activating group) is 1. The summed E-state index contributed by atoms with van der Waals surface area (Å²) >= 11 is 1.33. The summed E-state index contributed by atoms with van der Waals surface area (Å²) in [6.07, 6.45) is 1.85. The van der Waals surface area contributed by atoms with Gasteiger partial charge in [-0.3, -0.25) is 0 Å². The normalized spacial score (nSPS) is 16.0. The minimum absolute atomic E-state index is 0.168. The summed E-state index contributed by atoms with van der Waals surface area (Å²) in [6.45, 7) is 7.78. The van der Waals surface area contributed by atoms with E-state index in [2.05, 4.69) is 36.8 Å². The van der Waals surface area contributed by atoms with Crippen LogP contribution in [0.2, 0.25) is 0 Å². The molecule has 3 aromatic rings. The number of rotatable bonds is 5. The van der Waals surface area contributed by atoms with Crippen LogP contribution in [0.25, 0.3) is 5.65 Å². The number of sulfone groups is 1. The Bertz CT molecular complexity index is 1150. The van der Waals surface area contributed by atoms with Crippen LogP contribution in [0.3, 0.4) is 0 Å². The van der Waals surface area contributed by atoms with E-state index in [0.29, 0.717) is 10.7 Å². The van der Waals surface area contributed by atoms with Gasteiger partial charge in [-0.05, 0) is 31.4 Å². The predicted octanol–water partition coefficient (Wildman–Crippen LogP) is 3.16. The molecule has 0 aliphatic carbocycles. The fraction of sp³-hybridized carbons (Fsp3) is 0.429. The maximum Gasteiger partial charge on any atom is 0.213 e. The number of piperazine rings is 1. The van der Waals surface area contributed by atoms with Crippen LogP contribution in [0.5, 0.6) is 0 Å². The first-order valence-corrected chi connectivity index (χ1v) is 12.7. The Balaban J connectivity index is 1.98. The van der Waals surface area contributed by atoms with Crippen molar-refractivity contribution in [3.63, 3.8) is 0 Å². The average Bonchev–Trinajstić information content (AvgIpc) is 3.13. The Morgan fingerprint density at radius 3 is 2.33 bits per heavy atom. The third-order valence-electron chi connectivity index (χ3n) is 5.45. The lowest BCUT2D eigenvalue weighted by Crippen LogP contribution is -2.45. The Morgan fingerprint density at radius 2 is 1.73 bits per heavy atom. The minimum atomic E-state index is -3.76. The largest absolute Gasteiger partial charge is 0.354 e. The monoisotopic (exact) mass is 445 g/mol. The lowest BCUT2D eigenvalue weighted by Gasteiger charge is -2.34. The van der Waals surface area contributed by atoms with E-state index < -0.39 is 9.84 Å². The fourth-order valence-corrected chi connectivity index (χ4v) is 6.04. The number of fused-ring (bicyclic) bond motifs is 1. The molecule has 0 N–H and O–H groups in total. The molecule has 1 aliphatic heterocycles. The second-order valence-electron chi connectivity index (χ2n) is 7.87. The van der Waals surface area contributed by atoms with Crippen molar-refractivity contribution in [2.75, 3.05) is 44.4 Å². The van der Waals surface area contributed by atoms with Gasteiger partial charge in [0, 0.05) is 37.9 Å². The van der Waals surface area contributed by atoms with E-state index in [1.807, 2.05) is 12.3 Å². The summed E-state index contributed by atoms with van der Waals surface area (Å²) in [5.74, 6) is 1.07. The highest BCUT2D eigenvalue weighted by Gasteiger charge is 2.31. The van der Waals surface area contributed by atoms with Crippen molar-refractivity contribution in [2.45, 2.75) is 34.6 Å². The third-order valence-corrected chi connectivity index (χ3v) is 8.06. The molecule has 3 heterocycles. The highest BCUT2D eigenvalue weighted by atomic mass is 32.2. The van der Waals surface area contributed by atoms with Gasteiger partial charge in [-0.2, -0.15) is 9.61 Å². The molecule has 0 atom stereocenters. The molecule has 0 unspecified atom stereocenters. The summed E-state index contributed by atoms with van der Waals surface area (Å²) in [5.41, 5.74) is 1.27. The summed E-state index contributed by atoms with van der Waals surface area (Å²) in [6, 6.07) is 10.6. The molecule has 160 valence electrons. The van der Waals surface area contributed by atoms with Gasteiger partial charge in [0.2, 0.25) is 9.84 Å². The summed E-state index contributed by atoms with van der Waals surface area (Å²) in [5, 5.41) is 5.17. The van der Waals surface area contributed by atoms with Crippen LogP contribution in [-0.2, 0) is 9.84 Å². The molecular formula is C21H27N5O2S2. The van der Waals surface area contributed by atoms with Crippen LogP contribution in [0.1, 0.15) is 25.5 Å². The molecule has 0 amide bonds. The highest BCUT2D eigenvalue weighted by molar-refractivity contribution is 7.99. The predicted molar refractivity (Wildman–Crippen MR) is 120 cm³/mol. The minimum Gasteiger partial charge on any atom is -0.354 e. The van der Waals surface area contributed by atoms with Gasteiger partial charge in [-0.25, -0.2) is 13.4 Å². The number of hydrogen-bond acceptors (Lipinski definition) is 7. The standard InChI is InChI=1S/C21H27N5O2S2/c1-15(2)17-14-18(25-12-10-24(3)11-13-25)26-20(22-17)19(21(23-26)29-4)30(27,28)16-8-6-5-7-9-16/h5-9,14-15H,10-13H2,1-4H3. The molecule has 1 aliphatic rings. The molecule has 0 radical (unpaired) electrons. The van der Waals surface area contributed by atoms with Crippen molar-refractivity contribution in [3.8, 4) is 0 Å². The maximum atomic E-state index is 13.6. The first-order chi connectivity index (χ1) is 14.3. The van der Waals surface area contributed by atoms with Gasteiger partial charge in [0.05, 0.1) is 4.90 Å². The third kappa shape index (κ3) is 3.70.